The first-order valence-corrected chi connectivity index (χ1v) is 8.15. The number of ether oxygens (including phenoxy) is 3. The minimum Gasteiger partial charge on any atom is -0.492 e. The van der Waals surface area contributed by atoms with Crippen LogP contribution < -0.4 is 19.1 Å². The van der Waals surface area contributed by atoms with Gasteiger partial charge in [-0.3, -0.25) is 4.90 Å². The Morgan fingerprint density at radius 3 is 2.62 bits per heavy atom. The van der Waals surface area contributed by atoms with E-state index in [4.69, 9.17) is 14.2 Å². The maximum absolute atomic E-state index is 5.83. The summed E-state index contributed by atoms with van der Waals surface area (Å²) in [5.41, 5.74) is 0. The lowest BCUT2D eigenvalue weighted by atomic mass is 10.3. The minimum absolute atomic E-state index is 0.286. The van der Waals surface area contributed by atoms with Gasteiger partial charge in [-0.25, -0.2) is 9.97 Å². The fraction of sp³-hybridized carbons (Fsp3) is 0.412. The van der Waals surface area contributed by atoms with Crippen molar-refractivity contribution >= 4 is 5.95 Å². The smallest absolute Gasteiger partial charge is 0.231 e. The monoisotopic (exact) mass is 328 g/mol. The number of anilines is 1. The standard InChI is InChI=1S/C17H20N4O3/c1-4-18-17(19-5-1)21-8-6-20(7-9-21)10-11-22-14-2-3-15-16(12-14)24-13-23-15/h1-5,12H,6-11,13H2. The van der Waals surface area contributed by atoms with Crippen molar-refractivity contribution in [3.8, 4) is 17.2 Å². The Morgan fingerprint density at radius 1 is 1.00 bits per heavy atom. The summed E-state index contributed by atoms with van der Waals surface area (Å²) in [6, 6.07) is 7.52. The van der Waals surface area contributed by atoms with Crippen LogP contribution in [0.2, 0.25) is 0 Å². The predicted octanol–water partition coefficient (Wildman–Crippen LogP) is 1.41. The van der Waals surface area contributed by atoms with E-state index in [0.29, 0.717) is 6.61 Å². The number of benzene rings is 1. The largest absolute Gasteiger partial charge is 0.492 e. The minimum atomic E-state index is 0.286. The Kier molecular flexibility index (Phi) is 4.33. The number of fused-ring (bicyclic) bond motifs is 1. The Hall–Kier alpha value is -2.54. The van der Waals surface area contributed by atoms with E-state index in [2.05, 4.69) is 19.8 Å². The maximum Gasteiger partial charge on any atom is 0.231 e. The Morgan fingerprint density at radius 2 is 1.79 bits per heavy atom. The van der Waals surface area contributed by atoms with Crippen molar-refractivity contribution in [2.45, 2.75) is 0 Å². The summed E-state index contributed by atoms with van der Waals surface area (Å²) in [7, 11) is 0. The molecule has 1 saturated heterocycles. The zero-order valence-electron chi connectivity index (χ0n) is 13.4. The zero-order valence-corrected chi connectivity index (χ0v) is 13.4. The molecule has 24 heavy (non-hydrogen) atoms. The molecule has 0 unspecified atom stereocenters. The topological polar surface area (TPSA) is 60.0 Å². The zero-order chi connectivity index (χ0) is 16.2. The van der Waals surface area contributed by atoms with E-state index in [1.807, 2.05) is 24.3 Å². The number of nitrogens with zero attached hydrogens (tertiary/aromatic N) is 4. The average molecular weight is 328 g/mol. The highest BCUT2D eigenvalue weighted by molar-refractivity contribution is 5.46. The van der Waals surface area contributed by atoms with Gasteiger partial charge in [0.05, 0.1) is 0 Å². The van der Waals surface area contributed by atoms with E-state index >= 15 is 0 Å². The van der Waals surface area contributed by atoms with Crippen LogP contribution in [0.3, 0.4) is 0 Å². The van der Waals surface area contributed by atoms with Gasteiger partial charge in [0.15, 0.2) is 11.5 Å². The molecule has 126 valence electrons. The predicted molar refractivity (Wildman–Crippen MR) is 88.7 cm³/mol. The van der Waals surface area contributed by atoms with Crippen LogP contribution in [0, 0.1) is 0 Å². The van der Waals surface area contributed by atoms with Gasteiger partial charge >= 0.3 is 0 Å². The van der Waals surface area contributed by atoms with Crippen molar-refractivity contribution in [1.82, 2.24) is 14.9 Å². The molecule has 7 nitrogen and oxygen atoms in total. The summed E-state index contributed by atoms with van der Waals surface area (Å²) in [4.78, 5) is 13.2. The van der Waals surface area contributed by atoms with E-state index in [1.165, 1.54) is 0 Å². The molecule has 0 saturated carbocycles. The van der Waals surface area contributed by atoms with Gasteiger partial charge in [0.2, 0.25) is 12.7 Å². The highest BCUT2D eigenvalue weighted by Gasteiger charge is 2.18. The molecule has 4 rings (SSSR count). The van der Waals surface area contributed by atoms with Crippen LogP contribution in [0.1, 0.15) is 0 Å². The molecule has 1 aromatic heterocycles. The number of hydrogen-bond acceptors (Lipinski definition) is 7. The SMILES string of the molecule is c1cnc(N2CCN(CCOc3ccc4c(c3)OCO4)CC2)nc1. The van der Waals surface area contributed by atoms with Crippen molar-refractivity contribution in [2.75, 3.05) is 51.0 Å². The Bertz CT molecular complexity index is 675. The highest BCUT2D eigenvalue weighted by Crippen LogP contribution is 2.35. The summed E-state index contributed by atoms with van der Waals surface area (Å²) in [5.74, 6) is 3.16. The number of piperazine rings is 1. The molecule has 7 heteroatoms. The van der Waals surface area contributed by atoms with Gasteiger partial charge in [0, 0.05) is 51.2 Å². The highest BCUT2D eigenvalue weighted by atomic mass is 16.7. The molecule has 1 fully saturated rings. The quantitative estimate of drug-likeness (QED) is 0.822. The van der Waals surface area contributed by atoms with Crippen molar-refractivity contribution < 1.29 is 14.2 Å². The first kappa shape index (κ1) is 15.0. The number of rotatable bonds is 5. The van der Waals surface area contributed by atoms with Crippen LogP contribution in [0.15, 0.2) is 36.7 Å². The van der Waals surface area contributed by atoms with E-state index in [9.17, 15) is 0 Å². The van der Waals surface area contributed by atoms with Gasteiger partial charge in [-0.1, -0.05) is 0 Å². The van der Waals surface area contributed by atoms with Gasteiger partial charge in [-0.2, -0.15) is 0 Å². The van der Waals surface area contributed by atoms with E-state index in [1.54, 1.807) is 12.4 Å². The first-order chi connectivity index (χ1) is 11.9. The second kappa shape index (κ2) is 6.92. The molecule has 2 aliphatic rings. The molecule has 0 radical (unpaired) electrons. The normalized spacial score (nSPS) is 17.1. The van der Waals surface area contributed by atoms with E-state index in [0.717, 1.165) is 55.9 Å². The third-order valence-corrected chi connectivity index (χ3v) is 4.23. The average Bonchev–Trinajstić information content (AvgIpc) is 3.11. The van der Waals surface area contributed by atoms with Gasteiger partial charge in [-0.15, -0.1) is 0 Å². The maximum atomic E-state index is 5.83. The van der Waals surface area contributed by atoms with Crippen LogP contribution >= 0.6 is 0 Å². The van der Waals surface area contributed by atoms with Gasteiger partial charge in [-0.05, 0) is 18.2 Å². The lowest BCUT2D eigenvalue weighted by Gasteiger charge is -2.34. The Labute approximate surface area is 140 Å². The van der Waals surface area contributed by atoms with Crippen LogP contribution in [0.5, 0.6) is 17.2 Å². The summed E-state index contributed by atoms with van der Waals surface area (Å²) in [5, 5.41) is 0. The molecule has 0 spiro atoms. The summed E-state index contributed by atoms with van der Waals surface area (Å²) < 4.78 is 16.5. The molecule has 0 bridgehead atoms. The molecule has 0 atom stereocenters. The molecule has 2 aromatic rings. The van der Waals surface area contributed by atoms with Gasteiger partial charge < -0.3 is 19.1 Å². The van der Waals surface area contributed by atoms with Crippen molar-refractivity contribution in [3.63, 3.8) is 0 Å². The Balaban J connectivity index is 1.22. The molecule has 0 N–H and O–H groups in total. The van der Waals surface area contributed by atoms with Crippen molar-refractivity contribution in [1.29, 1.82) is 0 Å². The molecular weight excluding hydrogens is 308 g/mol. The second-order valence-electron chi connectivity index (χ2n) is 5.74. The lowest BCUT2D eigenvalue weighted by Crippen LogP contribution is -2.48. The fourth-order valence-corrected chi connectivity index (χ4v) is 2.89. The third-order valence-electron chi connectivity index (χ3n) is 4.23. The molecule has 0 aliphatic carbocycles. The number of hydrogen-bond donors (Lipinski definition) is 0. The first-order valence-electron chi connectivity index (χ1n) is 8.15. The lowest BCUT2D eigenvalue weighted by molar-refractivity contribution is 0.173. The van der Waals surface area contributed by atoms with Crippen molar-refractivity contribution in [3.05, 3.63) is 36.7 Å². The van der Waals surface area contributed by atoms with Crippen molar-refractivity contribution in [2.24, 2.45) is 0 Å². The van der Waals surface area contributed by atoms with Gasteiger partial charge in [0.25, 0.3) is 0 Å². The van der Waals surface area contributed by atoms with Gasteiger partial charge in [0.1, 0.15) is 12.4 Å². The van der Waals surface area contributed by atoms with E-state index < -0.39 is 0 Å². The van der Waals surface area contributed by atoms with E-state index in [-0.39, 0.29) is 6.79 Å². The van der Waals surface area contributed by atoms with Crippen LogP contribution in [0.25, 0.3) is 0 Å². The molecule has 1 aromatic carbocycles. The summed E-state index contributed by atoms with van der Waals surface area (Å²) >= 11 is 0. The molecule has 3 heterocycles. The third kappa shape index (κ3) is 3.35. The van der Waals surface area contributed by atoms with Crippen LogP contribution in [-0.4, -0.2) is 61.0 Å². The summed E-state index contributed by atoms with van der Waals surface area (Å²) in [6.07, 6.45) is 3.57. The second-order valence-corrected chi connectivity index (χ2v) is 5.74. The molecule has 2 aliphatic heterocycles. The fourth-order valence-electron chi connectivity index (χ4n) is 2.89. The number of aromatic nitrogens is 2. The molecular formula is C17H20N4O3. The molecule has 0 amide bonds. The summed E-state index contributed by atoms with van der Waals surface area (Å²) in [6.45, 7) is 5.70. The van der Waals surface area contributed by atoms with Crippen LogP contribution in [-0.2, 0) is 0 Å². The van der Waals surface area contributed by atoms with Crippen LogP contribution in [0.4, 0.5) is 5.95 Å².